The lowest BCUT2D eigenvalue weighted by Crippen LogP contribution is -2.44. The molecule has 4 rings (SSSR count). The Hall–Kier alpha value is -1.59. The highest BCUT2D eigenvalue weighted by molar-refractivity contribution is 6.31. The van der Waals surface area contributed by atoms with Gasteiger partial charge >= 0.3 is 0 Å². The van der Waals surface area contributed by atoms with Crippen molar-refractivity contribution in [3.63, 3.8) is 0 Å². The molecule has 1 aromatic carbocycles. The molecule has 0 bridgehead atoms. The van der Waals surface area contributed by atoms with E-state index in [-0.39, 0.29) is 23.3 Å². The van der Waals surface area contributed by atoms with E-state index in [1.54, 1.807) is 6.07 Å². The number of hydrogen-bond acceptors (Lipinski definition) is 3. The largest absolute Gasteiger partial charge is 0.376 e. The number of benzene rings is 1. The van der Waals surface area contributed by atoms with Crippen LogP contribution in [0.2, 0.25) is 5.02 Å². The number of nitrogens with zero attached hydrogens (tertiary/aromatic N) is 2. The molecule has 0 aromatic heterocycles. The number of halogens is 1. The van der Waals surface area contributed by atoms with Gasteiger partial charge in [-0.2, -0.15) is 0 Å². The van der Waals surface area contributed by atoms with Crippen molar-refractivity contribution in [2.45, 2.75) is 45.1 Å². The van der Waals surface area contributed by atoms with E-state index in [1.165, 1.54) is 0 Å². The highest BCUT2D eigenvalue weighted by Gasteiger charge is 2.46. The smallest absolute Gasteiger partial charge is 0.254 e. The molecule has 0 unspecified atom stereocenters. The number of rotatable bonds is 3. The van der Waals surface area contributed by atoms with Gasteiger partial charge in [-0.25, -0.2) is 0 Å². The van der Waals surface area contributed by atoms with Gasteiger partial charge in [0.25, 0.3) is 5.91 Å². The van der Waals surface area contributed by atoms with Gasteiger partial charge in [-0.05, 0) is 50.3 Å². The third kappa shape index (κ3) is 3.85. The van der Waals surface area contributed by atoms with Crippen molar-refractivity contribution < 1.29 is 14.3 Å². The molecule has 5 nitrogen and oxygen atoms in total. The van der Waals surface area contributed by atoms with Gasteiger partial charge in [0, 0.05) is 55.2 Å². The summed E-state index contributed by atoms with van der Waals surface area (Å²) in [5.41, 5.74) is 1.65. The molecule has 3 aliphatic rings. The summed E-state index contributed by atoms with van der Waals surface area (Å²) in [6, 6.07) is 5.46. The lowest BCUT2D eigenvalue weighted by molar-refractivity contribution is -0.129. The minimum Gasteiger partial charge on any atom is -0.376 e. The molecular weight excluding hydrogens is 364 g/mol. The molecule has 3 saturated heterocycles. The number of piperidine rings is 1. The van der Waals surface area contributed by atoms with Crippen molar-refractivity contribution in [2.24, 2.45) is 5.41 Å². The standard InChI is InChI=1S/C21H27ClN2O3/c1-15-4-5-16(22)11-18(15)20(26)23-8-6-21(7-9-23)12-19(25)24(14-21)13-17-3-2-10-27-17/h4-5,11,17H,2-3,6-10,12-14H2,1H3/t17-/m0/s1. The minimum absolute atomic E-state index is 0.0237. The molecule has 3 aliphatic heterocycles. The topological polar surface area (TPSA) is 49.9 Å². The van der Waals surface area contributed by atoms with E-state index in [4.69, 9.17) is 16.3 Å². The summed E-state index contributed by atoms with van der Waals surface area (Å²) in [5, 5.41) is 0.587. The van der Waals surface area contributed by atoms with Crippen molar-refractivity contribution in [3.05, 3.63) is 34.3 Å². The van der Waals surface area contributed by atoms with Gasteiger partial charge in [0.2, 0.25) is 5.91 Å². The summed E-state index contributed by atoms with van der Waals surface area (Å²) < 4.78 is 5.70. The Morgan fingerprint density at radius 3 is 2.81 bits per heavy atom. The molecule has 0 aliphatic carbocycles. The van der Waals surface area contributed by atoms with Crippen LogP contribution in [0.1, 0.15) is 48.0 Å². The zero-order valence-electron chi connectivity index (χ0n) is 15.9. The van der Waals surface area contributed by atoms with Gasteiger partial charge < -0.3 is 14.5 Å². The average molecular weight is 391 g/mol. The zero-order valence-corrected chi connectivity index (χ0v) is 16.6. The maximum absolute atomic E-state index is 12.9. The Balaban J connectivity index is 1.37. The first-order valence-corrected chi connectivity index (χ1v) is 10.3. The summed E-state index contributed by atoms with van der Waals surface area (Å²) in [4.78, 5) is 29.3. The van der Waals surface area contributed by atoms with Crippen LogP contribution in [-0.2, 0) is 9.53 Å². The highest BCUT2D eigenvalue weighted by atomic mass is 35.5. The first-order chi connectivity index (χ1) is 13.0. The summed E-state index contributed by atoms with van der Waals surface area (Å²) in [6.07, 6.45) is 4.73. The third-order valence-electron chi connectivity index (χ3n) is 6.39. The van der Waals surface area contributed by atoms with E-state index in [1.807, 2.05) is 28.9 Å². The van der Waals surface area contributed by atoms with E-state index in [0.29, 0.717) is 30.1 Å². The normalized spacial score (nSPS) is 24.8. The van der Waals surface area contributed by atoms with Crippen LogP contribution in [0, 0.1) is 12.3 Å². The molecule has 0 radical (unpaired) electrons. The molecule has 6 heteroatoms. The number of carbonyl (C=O) groups is 2. The fourth-order valence-electron chi connectivity index (χ4n) is 4.70. The lowest BCUT2D eigenvalue weighted by atomic mass is 9.77. The number of aryl methyl sites for hydroxylation is 1. The SMILES string of the molecule is Cc1ccc(Cl)cc1C(=O)N1CCC2(CC1)CC(=O)N(C[C@@H]1CCCO1)C2. The maximum atomic E-state index is 12.9. The Labute approximate surface area is 165 Å². The summed E-state index contributed by atoms with van der Waals surface area (Å²) in [6.45, 7) is 5.69. The third-order valence-corrected chi connectivity index (χ3v) is 6.63. The molecule has 1 aromatic rings. The molecule has 3 heterocycles. The lowest BCUT2D eigenvalue weighted by Gasteiger charge is -2.39. The highest BCUT2D eigenvalue weighted by Crippen LogP contribution is 2.41. The van der Waals surface area contributed by atoms with Crippen LogP contribution in [0.15, 0.2) is 18.2 Å². The van der Waals surface area contributed by atoms with Gasteiger partial charge in [0.05, 0.1) is 6.10 Å². The number of hydrogen-bond donors (Lipinski definition) is 0. The van der Waals surface area contributed by atoms with E-state index in [0.717, 1.165) is 50.9 Å². The predicted molar refractivity (Wildman–Crippen MR) is 104 cm³/mol. The van der Waals surface area contributed by atoms with Crippen LogP contribution < -0.4 is 0 Å². The molecule has 3 fully saturated rings. The summed E-state index contributed by atoms with van der Waals surface area (Å²) in [7, 11) is 0. The van der Waals surface area contributed by atoms with Crippen LogP contribution >= 0.6 is 11.6 Å². The van der Waals surface area contributed by atoms with E-state index >= 15 is 0 Å². The Morgan fingerprint density at radius 1 is 1.33 bits per heavy atom. The predicted octanol–water partition coefficient (Wildman–Crippen LogP) is 3.28. The molecular formula is C21H27ClN2O3. The van der Waals surface area contributed by atoms with E-state index in [2.05, 4.69) is 0 Å². The molecule has 1 atom stereocenters. The fraction of sp³-hybridized carbons (Fsp3) is 0.619. The monoisotopic (exact) mass is 390 g/mol. The van der Waals surface area contributed by atoms with Gasteiger partial charge in [0.15, 0.2) is 0 Å². The number of ether oxygens (including phenoxy) is 1. The van der Waals surface area contributed by atoms with Crippen molar-refractivity contribution in [3.8, 4) is 0 Å². The van der Waals surface area contributed by atoms with Crippen LogP contribution in [0.4, 0.5) is 0 Å². The number of carbonyl (C=O) groups excluding carboxylic acids is 2. The molecule has 146 valence electrons. The van der Waals surface area contributed by atoms with Crippen molar-refractivity contribution in [2.75, 3.05) is 32.8 Å². The van der Waals surface area contributed by atoms with Gasteiger partial charge in [-0.3, -0.25) is 9.59 Å². The van der Waals surface area contributed by atoms with Crippen LogP contribution in [0.5, 0.6) is 0 Å². The molecule has 1 spiro atoms. The quantitative estimate of drug-likeness (QED) is 0.795. The second-order valence-electron chi connectivity index (χ2n) is 8.34. The number of amides is 2. The van der Waals surface area contributed by atoms with E-state index < -0.39 is 0 Å². The van der Waals surface area contributed by atoms with Crippen LogP contribution in [-0.4, -0.2) is 60.5 Å². The second kappa shape index (κ2) is 7.44. The first-order valence-electron chi connectivity index (χ1n) is 9.91. The Morgan fingerprint density at radius 2 is 2.11 bits per heavy atom. The zero-order chi connectivity index (χ0) is 19.0. The summed E-state index contributed by atoms with van der Waals surface area (Å²) >= 11 is 6.08. The van der Waals surface area contributed by atoms with Crippen LogP contribution in [0.3, 0.4) is 0 Å². The van der Waals surface area contributed by atoms with Gasteiger partial charge in [0.1, 0.15) is 0 Å². The summed E-state index contributed by atoms with van der Waals surface area (Å²) in [5.74, 6) is 0.293. The maximum Gasteiger partial charge on any atom is 0.254 e. The Bertz CT molecular complexity index is 737. The van der Waals surface area contributed by atoms with Crippen molar-refractivity contribution in [1.29, 1.82) is 0 Å². The molecule has 0 saturated carbocycles. The van der Waals surface area contributed by atoms with Gasteiger partial charge in [-0.1, -0.05) is 17.7 Å². The molecule has 27 heavy (non-hydrogen) atoms. The molecule has 0 N–H and O–H groups in total. The Kier molecular flexibility index (Phi) is 5.17. The number of likely N-dealkylation sites (tertiary alicyclic amines) is 2. The fourth-order valence-corrected chi connectivity index (χ4v) is 4.87. The van der Waals surface area contributed by atoms with Crippen LogP contribution in [0.25, 0.3) is 0 Å². The molecule has 2 amide bonds. The van der Waals surface area contributed by atoms with Crippen molar-refractivity contribution in [1.82, 2.24) is 9.80 Å². The first kappa shape index (κ1) is 18.8. The van der Waals surface area contributed by atoms with Crippen molar-refractivity contribution >= 4 is 23.4 Å². The van der Waals surface area contributed by atoms with Gasteiger partial charge in [-0.15, -0.1) is 0 Å². The van der Waals surface area contributed by atoms with E-state index in [9.17, 15) is 9.59 Å². The minimum atomic E-state index is 0.0237. The second-order valence-corrected chi connectivity index (χ2v) is 8.77. The average Bonchev–Trinajstić information content (AvgIpc) is 3.26.